The fraction of sp³-hybridized carbons (Fsp3) is 0.250. The van der Waals surface area contributed by atoms with Gasteiger partial charge in [0.15, 0.2) is 5.16 Å². The van der Waals surface area contributed by atoms with Gasteiger partial charge in [0.05, 0.1) is 11.0 Å². The van der Waals surface area contributed by atoms with Crippen molar-refractivity contribution in [2.24, 2.45) is 0 Å². The maximum atomic E-state index is 12.9. The number of halogens is 2. The Bertz CT molecular complexity index is 1020. The highest BCUT2D eigenvalue weighted by Gasteiger charge is 2.19. The van der Waals surface area contributed by atoms with Crippen LogP contribution in [0.25, 0.3) is 11.0 Å². The summed E-state index contributed by atoms with van der Waals surface area (Å²) >= 11 is 0.325. The van der Waals surface area contributed by atoms with Crippen LogP contribution in [0.1, 0.15) is 15.9 Å². The first-order valence-electron chi connectivity index (χ1n) is 8.84. The maximum absolute atomic E-state index is 12.9. The summed E-state index contributed by atoms with van der Waals surface area (Å²) in [6.45, 7) is 0.235. The third-order valence-electron chi connectivity index (χ3n) is 4.40. The topological polar surface area (TPSA) is 67.2 Å². The number of thioether (sulfide) groups is 1. The van der Waals surface area contributed by atoms with Gasteiger partial charge >= 0.3 is 0 Å². The molecular formula is C20H20F2N4O2S. The first-order chi connectivity index (χ1) is 13.9. The van der Waals surface area contributed by atoms with Crippen molar-refractivity contribution in [1.82, 2.24) is 19.8 Å². The van der Waals surface area contributed by atoms with E-state index in [1.165, 1.54) is 9.47 Å². The van der Waals surface area contributed by atoms with Crippen LogP contribution in [-0.4, -0.2) is 46.1 Å². The fourth-order valence-corrected chi connectivity index (χ4v) is 3.50. The monoisotopic (exact) mass is 418 g/mol. The molecule has 0 fully saturated rings. The molecule has 0 spiro atoms. The molecule has 0 saturated carbocycles. The standard InChI is InChI=1S/C20H20F2N4O2S/c1-23-18(28)14-9-7-13(8-10-14)11-25(2)17(27)12-26-16-6-4-3-5-15(16)24-20(26)29-19(21)22/h3-10,19H,11-12H2,1-2H3,(H,23,28). The van der Waals surface area contributed by atoms with Crippen molar-refractivity contribution in [3.8, 4) is 0 Å². The van der Waals surface area contributed by atoms with Gasteiger partial charge in [-0.25, -0.2) is 4.98 Å². The zero-order valence-corrected chi connectivity index (χ0v) is 16.7. The van der Waals surface area contributed by atoms with E-state index in [0.717, 1.165) is 5.56 Å². The molecular weight excluding hydrogens is 398 g/mol. The van der Waals surface area contributed by atoms with E-state index in [0.29, 0.717) is 34.9 Å². The summed E-state index contributed by atoms with van der Waals surface area (Å²) < 4.78 is 27.3. The first kappa shape index (κ1) is 20.8. The second-order valence-corrected chi connectivity index (χ2v) is 7.33. The van der Waals surface area contributed by atoms with Gasteiger partial charge in [-0.15, -0.1) is 0 Å². The highest BCUT2D eigenvalue weighted by atomic mass is 32.2. The summed E-state index contributed by atoms with van der Waals surface area (Å²) in [5, 5.41) is 2.66. The molecule has 3 rings (SSSR count). The molecule has 0 saturated heterocycles. The van der Waals surface area contributed by atoms with E-state index in [2.05, 4.69) is 10.3 Å². The van der Waals surface area contributed by atoms with Crippen LogP contribution in [-0.2, 0) is 17.9 Å². The lowest BCUT2D eigenvalue weighted by Crippen LogP contribution is -2.30. The summed E-state index contributed by atoms with van der Waals surface area (Å²) in [6, 6.07) is 14.0. The molecule has 0 bridgehead atoms. The summed E-state index contributed by atoms with van der Waals surface area (Å²) in [5.74, 6) is -3.05. The zero-order valence-electron chi connectivity index (χ0n) is 15.9. The van der Waals surface area contributed by atoms with Gasteiger partial charge < -0.3 is 14.8 Å². The van der Waals surface area contributed by atoms with Gasteiger partial charge in [-0.3, -0.25) is 9.59 Å². The van der Waals surface area contributed by atoms with E-state index in [9.17, 15) is 18.4 Å². The van der Waals surface area contributed by atoms with Gasteiger partial charge in [0.2, 0.25) is 5.91 Å². The van der Waals surface area contributed by atoms with Crippen LogP contribution in [0.4, 0.5) is 8.78 Å². The number of imidazole rings is 1. The van der Waals surface area contributed by atoms with Crippen LogP contribution in [0, 0.1) is 0 Å². The van der Waals surface area contributed by atoms with E-state index in [-0.39, 0.29) is 23.5 Å². The lowest BCUT2D eigenvalue weighted by molar-refractivity contribution is -0.131. The van der Waals surface area contributed by atoms with Gasteiger partial charge in [0.1, 0.15) is 6.54 Å². The quantitative estimate of drug-likeness (QED) is 0.598. The van der Waals surface area contributed by atoms with E-state index >= 15 is 0 Å². The van der Waals surface area contributed by atoms with Crippen LogP contribution < -0.4 is 5.32 Å². The molecule has 0 atom stereocenters. The Morgan fingerprint density at radius 1 is 1.17 bits per heavy atom. The zero-order chi connectivity index (χ0) is 21.0. The summed E-state index contributed by atoms with van der Waals surface area (Å²) in [5.41, 5.74) is 2.58. The number of carbonyl (C=O) groups is 2. The Hall–Kier alpha value is -2.94. The van der Waals surface area contributed by atoms with Crippen molar-refractivity contribution in [2.75, 3.05) is 14.1 Å². The lowest BCUT2D eigenvalue weighted by Gasteiger charge is -2.19. The predicted molar refractivity (Wildman–Crippen MR) is 108 cm³/mol. The molecule has 0 radical (unpaired) electrons. The number of nitrogens with one attached hydrogen (secondary N) is 1. The highest BCUT2D eigenvalue weighted by molar-refractivity contribution is 7.99. The van der Waals surface area contributed by atoms with E-state index in [1.807, 2.05) is 0 Å². The van der Waals surface area contributed by atoms with Crippen LogP contribution in [0.2, 0.25) is 0 Å². The van der Waals surface area contributed by atoms with Crippen LogP contribution >= 0.6 is 11.8 Å². The molecule has 0 aliphatic rings. The second-order valence-electron chi connectivity index (χ2n) is 6.37. The number of alkyl halides is 2. The number of nitrogens with zero attached hydrogens (tertiary/aromatic N) is 3. The van der Waals surface area contributed by atoms with Crippen molar-refractivity contribution in [3.05, 3.63) is 59.7 Å². The van der Waals surface area contributed by atoms with Crippen LogP contribution in [0.15, 0.2) is 53.7 Å². The molecule has 3 aromatic rings. The molecule has 0 unspecified atom stereocenters. The number of aromatic nitrogens is 2. The average Bonchev–Trinajstić information content (AvgIpc) is 3.04. The van der Waals surface area contributed by atoms with Gasteiger partial charge in [0, 0.05) is 26.2 Å². The van der Waals surface area contributed by atoms with Crippen LogP contribution in [0.3, 0.4) is 0 Å². The number of para-hydroxylation sites is 2. The Labute approximate surface area is 170 Å². The minimum atomic E-state index is -2.63. The number of hydrogen-bond acceptors (Lipinski definition) is 4. The molecule has 9 heteroatoms. The Balaban J connectivity index is 1.75. The van der Waals surface area contributed by atoms with Crippen molar-refractivity contribution in [1.29, 1.82) is 0 Å². The van der Waals surface area contributed by atoms with E-state index < -0.39 is 5.76 Å². The van der Waals surface area contributed by atoms with Gasteiger partial charge in [-0.05, 0) is 41.6 Å². The summed E-state index contributed by atoms with van der Waals surface area (Å²) in [7, 11) is 3.21. The minimum Gasteiger partial charge on any atom is -0.355 e. The first-order valence-corrected chi connectivity index (χ1v) is 9.72. The number of benzene rings is 2. The minimum absolute atomic E-state index is 0.0949. The van der Waals surface area contributed by atoms with E-state index in [1.54, 1.807) is 62.6 Å². The van der Waals surface area contributed by atoms with Crippen molar-refractivity contribution in [3.63, 3.8) is 0 Å². The molecule has 1 N–H and O–H groups in total. The average molecular weight is 418 g/mol. The lowest BCUT2D eigenvalue weighted by atomic mass is 10.1. The van der Waals surface area contributed by atoms with E-state index in [4.69, 9.17) is 0 Å². The number of hydrogen-bond donors (Lipinski definition) is 1. The summed E-state index contributed by atoms with van der Waals surface area (Å²) in [4.78, 5) is 30.1. The summed E-state index contributed by atoms with van der Waals surface area (Å²) in [6.07, 6.45) is 0. The maximum Gasteiger partial charge on any atom is 0.291 e. The van der Waals surface area contributed by atoms with Gasteiger partial charge in [-0.2, -0.15) is 8.78 Å². The van der Waals surface area contributed by atoms with Crippen molar-refractivity contribution in [2.45, 2.75) is 24.0 Å². The molecule has 0 aliphatic carbocycles. The second kappa shape index (κ2) is 9.04. The molecule has 1 aromatic heterocycles. The Kier molecular flexibility index (Phi) is 6.48. The number of likely N-dealkylation sites (N-methyl/N-ethyl adjacent to an activating group) is 1. The normalized spacial score (nSPS) is 11.1. The number of carbonyl (C=O) groups excluding carboxylic acids is 2. The third kappa shape index (κ3) is 4.92. The number of fused-ring (bicyclic) bond motifs is 1. The molecule has 2 amide bonds. The van der Waals surface area contributed by atoms with Crippen LogP contribution in [0.5, 0.6) is 0 Å². The third-order valence-corrected chi connectivity index (χ3v) is 5.10. The van der Waals surface area contributed by atoms with Crippen molar-refractivity contribution < 1.29 is 18.4 Å². The highest BCUT2D eigenvalue weighted by Crippen LogP contribution is 2.28. The molecule has 29 heavy (non-hydrogen) atoms. The smallest absolute Gasteiger partial charge is 0.291 e. The fourth-order valence-electron chi connectivity index (χ4n) is 2.90. The number of amides is 2. The largest absolute Gasteiger partial charge is 0.355 e. The van der Waals surface area contributed by atoms with Gasteiger partial charge in [-0.1, -0.05) is 24.3 Å². The Morgan fingerprint density at radius 2 is 1.86 bits per heavy atom. The van der Waals surface area contributed by atoms with Gasteiger partial charge in [0.25, 0.3) is 11.7 Å². The molecule has 6 nitrogen and oxygen atoms in total. The molecule has 152 valence electrons. The predicted octanol–water partition coefficient (Wildman–Crippen LogP) is 3.37. The SMILES string of the molecule is CNC(=O)c1ccc(CN(C)C(=O)Cn2c(SC(F)F)nc3ccccc32)cc1. The molecule has 1 heterocycles. The van der Waals surface area contributed by atoms with Crippen molar-refractivity contribution >= 4 is 34.6 Å². The molecule has 0 aliphatic heterocycles. The molecule has 2 aromatic carbocycles. The Morgan fingerprint density at radius 3 is 2.52 bits per heavy atom. The number of rotatable bonds is 7.